The summed E-state index contributed by atoms with van der Waals surface area (Å²) in [6, 6.07) is 6.25. The van der Waals surface area contributed by atoms with Crippen LogP contribution in [0, 0.1) is 0 Å². The summed E-state index contributed by atoms with van der Waals surface area (Å²) in [6.07, 6.45) is 6.15. The molecule has 1 fully saturated rings. The average Bonchev–Trinajstić information content (AvgIpc) is 3.16. The number of ether oxygens (including phenoxy) is 1. The Labute approximate surface area is 120 Å². The molecular weight excluding hydrogens is 308 g/mol. The highest BCUT2D eigenvalue weighted by atomic mass is 79.9. The van der Waals surface area contributed by atoms with E-state index in [0.29, 0.717) is 18.4 Å². The van der Waals surface area contributed by atoms with Crippen molar-refractivity contribution in [1.29, 1.82) is 0 Å². The number of aromatic nitrogens is 2. The van der Waals surface area contributed by atoms with Crippen LogP contribution < -0.4 is 4.74 Å². The smallest absolute Gasteiger partial charge is 0.139 e. The van der Waals surface area contributed by atoms with Crippen LogP contribution in [0.4, 0.5) is 0 Å². The Morgan fingerprint density at radius 1 is 1.42 bits per heavy atom. The van der Waals surface area contributed by atoms with E-state index in [9.17, 15) is 5.11 Å². The third-order valence-corrected chi connectivity index (χ3v) is 3.89. The van der Waals surface area contributed by atoms with Crippen molar-refractivity contribution in [2.45, 2.75) is 32.1 Å². The van der Waals surface area contributed by atoms with Gasteiger partial charge >= 0.3 is 0 Å². The van der Waals surface area contributed by atoms with E-state index >= 15 is 0 Å². The van der Waals surface area contributed by atoms with Gasteiger partial charge < -0.3 is 14.4 Å². The van der Waals surface area contributed by atoms with E-state index in [1.54, 1.807) is 0 Å². The van der Waals surface area contributed by atoms with Crippen LogP contribution in [0.25, 0.3) is 0 Å². The zero-order valence-corrected chi connectivity index (χ0v) is 12.0. The molecular formula is C14H15BrN2O2. The first kappa shape index (κ1) is 12.7. The molecule has 0 atom stereocenters. The lowest BCUT2D eigenvalue weighted by atomic mass is 10.2. The molecule has 100 valence electrons. The van der Waals surface area contributed by atoms with E-state index in [-0.39, 0.29) is 6.61 Å². The Hall–Kier alpha value is -1.33. The number of aliphatic hydroxyl groups is 1. The standard InChI is InChI=1S/C14H15BrN2O2/c15-13-3-1-2-10(7-18)14(13)19-8-12-6-16-9-17(12)11-4-5-11/h1-3,6,9,11,18H,4-5,7-8H2. The summed E-state index contributed by atoms with van der Waals surface area (Å²) in [5.74, 6) is 0.702. The van der Waals surface area contributed by atoms with E-state index < -0.39 is 0 Å². The summed E-state index contributed by atoms with van der Waals surface area (Å²) >= 11 is 3.45. The predicted molar refractivity (Wildman–Crippen MR) is 74.9 cm³/mol. The summed E-state index contributed by atoms with van der Waals surface area (Å²) in [5, 5.41) is 9.33. The minimum absolute atomic E-state index is 0.0311. The molecule has 1 aromatic carbocycles. The van der Waals surface area contributed by atoms with Gasteiger partial charge in [-0.25, -0.2) is 4.98 Å². The van der Waals surface area contributed by atoms with Crippen LogP contribution in [0.1, 0.15) is 30.1 Å². The van der Waals surface area contributed by atoms with E-state index in [1.807, 2.05) is 30.7 Å². The maximum absolute atomic E-state index is 9.33. The van der Waals surface area contributed by atoms with Crippen LogP contribution in [0.2, 0.25) is 0 Å². The van der Waals surface area contributed by atoms with Crippen molar-refractivity contribution < 1.29 is 9.84 Å². The molecule has 0 aliphatic heterocycles. The number of benzene rings is 1. The van der Waals surface area contributed by atoms with Crippen molar-refractivity contribution in [1.82, 2.24) is 9.55 Å². The van der Waals surface area contributed by atoms with Gasteiger partial charge in [0, 0.05) is 11.6 Å². The molecule has 1 saturated carbocycles. The van der Waals surface area contributed by atoms with Gasteiger partial charge in [-0.1, -0.05) is 12.1 Å². The second kappa shape index (κ2) is 5.35. The van der Waals surface area contributed by atoms with Crippen LogP contribution in [-0.2, 0) is 13.2 Å². The van der Waals surface area contributed by atoms with Crippen LogP contribution in [0.5, 0.6) is 5.75 Å². The molecule has 0 bridgehead atoms. The summed E-state index contributed by atoms with van der Waals surface area (Å²) in [4.78, 5) is 4.18. The van der Waals surface area contributed by atoms with Crippen LogP contribution in [-0.4, -0.2) is 14.7 Å². The lowest BCUT2D eigenvalue weighted by Gasteiger charge is -2.13. The van der Waals surface area contributed by atoms with Gasteiger partial charge in [-0.15, -0.1) is 0 Å². The Kier molecular flexibility index (Phi) is 3.57. The van der Waals surface area contributed by atoms with E-state index in [4.69, 9.17) is 4.74 Å². The first-order valence-electron chi connectivity index (χ1n) is 6.31. The van der Waals surface area contributed by atoms with Crippen molar-refractivity contribution >= 4 is 15.9 Å². The Balaban J connectivity index is 1.77. The highest BCUT2D eigenvalue weighted by Crippen LogP contribution is 2.36. The van der Waals surface area contributed by atoms with E-state index in [0.717, 1.165) is 15.7 Å². The molecule has 2 aromatic rings. The normalized spacial score (nSPS) is 14.6. The molecule has 5 heteroatoms. The lowest BCUT2D eigenvalue weighted by Crippen LogP contribution is -2.05. The quantitative estimate of drug-likeness (QED) is 0.920. The van der Waals surface area contributed by atoms with Crippen molar-refractivity contribution in [3.8, 4) is 5.75 Å². The maximum Gasteiger partial charge on any atom is 0.139 e. The summed E-state index contributed by atoms with van der Waals surface area (Å²) in [5.41, 5.74) is 1.86. The van der Waals surface area contributed by atoms with Gasteiger partial charge in [0.2, 0.25) is 0 Å². The van der Waals surface area contributed by atoms with Crippen LogP contribution in [0.15, 0.2) is 35.2 Å². The molecule has 1 aromatic heterocycles. The predicted octanol–water partition coefficient (Wildman–Crippen LogP) is 3.05. The molecule has 4 nitrogen and oxygen atoms in total. The fourth-order valence-electron chi connectivity index (χ4n) is 2.11. The summed E-state index contributed by atoms with van der Waals surface area (Å²) in [7, 11) is 0. The number of imidazole rings is 1. The SMILES string of the molecule is OCc1cccc(Br)c1OCc1cncn1C1CC1. The number of para-hydroxylation sites is 1. The Morgan fingerprint density at radius 3 is 3.00 bits per heavy atom. The molecule has 0 unspecified atom stereocenters. The highest BCUT2D eigenvalue weighted by Gasteiger charge is 2.25. The van der Waals surface area contributed by atoms with Crippen LogP contribution >= 0.6 is 15.9 Å². The summed E-state index contributed by atoms with van der Waals surface area (Å²) < 4.78 is 8.89. The molecule has 1 N–H and O–H groups in total. The van der Waals surface area contributed by atoms with Crippen LogP contribution in [0.3, 0.4) is 0 Å². The Morgan fingerprint density at radius 2 is 2.26 bits per heavy atom. The summed E-state index contributed by atoms with van der Waals surface area (Å²) in [6.45, 7) is 0.433. The van der Waals surface area contributed by atoms with Gasteiger partial charge in [-0.2, -0.15) is 0 Å². The molecule has 1 aliphatic rings. The topological polar surface area (TPSA) is 47.3 Å². The first-order valence-corrected chi connectivity index (χ1v) is 7.10. The molecule has 0 spiro atoms. The number of aliphatic hydroxyl groups excluding tert-OH is 1. The molecule has 0 saturated heterocycles. The molecule has 3 rings (SSSR count). The zero-order valence-electron chi connectivity index (χ0n) is 10.4. The number of rotatable bonds is 5. The number of hydrogen-bond donors (Lipinski definition) is 1. The maximum atomic E-state index is 9.33. The van der Waals surface area contributed by atoms with Crippen molar-refractivity contribution in [3.63, 3.8) is 0 Å². The average molecular weight is 323 g/mol. The third-order valence-electron chi connectivity index (χ3n) is 3.27. The fourth-order valence-corrected chi connectivity index (χ4v) is 2.63. The fraction of sp³-hybridized carbons (Fsp3) is 0.357. The number of nitrogens with zero attached hydrogens (tertiary/aromatic N) is 2. The minimum Gasteiger partial charge on any atom is -0.486 e. The monoisotopic (exact) mass is 322 g/mol. The van der Waals surface area contributed by atoms with Gasteiger partial charge in [0.05, 0.1) is 29.3 Å². The van der Waals surface area contributed by atoms with Crippen molar-refractivity contribution in [2.75, 3.05) is 0 Å². The first-order chi connectivity index (χ1) is 9.29. The second-order valence-corrected chi connectivity index (χ2v) is 5.55. The molecule has 1 heterocycles. The van der Waals surface area contributed by atoms with Gasteiger partial charge in [-0.05, 0) is 34.8 Å². The second-order valence-electron chi connectivity index (χ2n) is 4.70. The van der Waals surface area contributed by atoms with Crippen molar-refractivity contribution in [3.05, 3.63) is 46.5 Å². The van der Waals surface area contributed by atoms with Gasteiger partial charge in [0.25, 0.3) is 0 Å². The van der Waals surface area contributed by atoms with Crippen molar-refractivity contribution in [2.24, 2.45) is 0 Å². The Bertz CT molecular complexity index is 579. The van der Waals surface area contributed by atoms with Gasteiger partial charge in [0.1, 0.15) is 12.4 Å². The van der Waals surface area contributed by atoms with Gasteiger partial charge in [-0.3, -0.25) is 0 Å². The van der Waals surface area contributed by atoms with E-state index in [2.05, 4.69) is 25.5 Å². The minimum atomic E-state index is -0.0311. The molecule has 0 amide bonds. The number of hydrogen-bond acceptors (Lipinski definition) is 3. The largest absolute Gasteiger partial charge is 0.486 e. The zero-order chi connectivity index (χ0) is 13.2. The third kappa shape index (κ3) is 2.67. The highest BCUT2D eigenvalue weighted by molar-refractivity contribution is 9.10. The lowest BCUT2D eigenvalue weighted by molar-refractivity contribution is 0.254. The van der Waals surface area contributed by atoms with Gasteiger partial charge in [0.15, 0.2) is 0 Å². The van der Waals surface area contributed by atoms with E-state index in [1.165, 1.54) is 12.8 Å². The number of halogens is 1. The molecule has 0 radical (unpaired) electrons. The molecule has 1 aliphatic carbocycles. The molecule has 19 heavy (non-hydrogen) atoms.